The molecule has 2 fully saturated rings. The fourth-order valence-electron chi connectivity index (χ4n) is 7.95. The molecule has 0 aromatic carbocycles. The summed E-state index contributed by atoms with van der Waals surface area (Å²) < 4.78 is 33.5. The van der Waals surface area contributed by atoms with Crippen molar-refractivity contribution in [2.75, 3.05) is 26.4 Å². The predicted octanol–water partition coefficient (Wildman–Crippen LogP) is 6.77. The molecule has 2 aliphatic rings. The van der Waals surface area contributed by atoms with E-state index in [4.69, 9.17) is 28.4 Å². The molecule has 11 unspecified atom stereocenters. The summed E-state index contributed by atoms with van der Waals surface area (Å²) in [5, 5.41) is 72.0. The van der Waals surface area contributed by atoms with Crippen molar-refractivity contribution in [2.45, 2.75) is 255 Å². The highest BCUT2D eigenvalue weighted by molar-refractivity contribution is 5.70. The summed E-state index contributed by atoms with van der Waals surface area (Å²) in [5.74, 6) is -0.935. The van der Waals surface area contributed by atoms with Crippen LogP contribution in [0.1, 0.15) is 187 Å². The van der Waals surface area contributed by atoms with E-state index < -0.39 is 92.7 Å². The monoisotopic (exact) mass is 931 g/mol. The zero-order valence-electron chi connectivity index (χ0n) is 40.0. The lowest BCUT2D eigenvalue weighted by Gasteiger charge is -2.42. The first-order chi connectivity index (χ1) is 31.5. The maximum Gasteiger partial charge on any atom is 0.306 e. The first-order valence-electron chi connectivity index (χ1n) is 25.4. The molecular formula is C50H90O15. The van der Waals surface area contributed by atoms with Crippen LogP contribution in [0.5, 0.6) is 0 Å². The number of carbonyl (C=O) groups excluding carboxylic acids is 2. The van der Waals surface area contributed by atoms with Gasteiger partial charge in [-0.1, -0.05) is 154 Å². The Kier molecular flexibility index (Phi) is 34.5. The lowest BCUT2D eigenvalue weighted by molar-refractivity contribution is -0.332. The van der Waals surface area contributed by atoms with Gasteiger partial charge < -0.3 is 64.2 Å². The number of ether oxygens (including phenoxy) is 6. The van der Waals surface area contributed by atoms with Crippen LogP contribution in [0.4, 0.5) is 0 Å². The quantitative estimate of drug-likeness (QED) is 0.0192. The Labute approximate surface area is 390 Å². The maximum atomic E-state index is 13.0. The minimum atomic E-state index is -1.76. The summed E-state index contributed by atoms with van der Waals surface area (Å²) in [5.41, 5.74) is 0. The SMILES string of the molecule is CCCCCC/C=C\C/C=C\CCCCCCCC(=O)OC(COC(=O)CCCCCCCCCCCCCCC)COC1OC(COC2OC(CO)C(O)C(O)C2O)C(O)C(O)C1O. The van der Waals surface area contributed by atoms with Gasteiger partial charge in [0.25, 0.3) is 0 Å². The van der Waals surface area contributed by atoms with Crippen molar-refractivity contribution in [3.05, 3.63) is 24.3 Å². The minimum absolute atomic E-state index is 0.152. The summed E-state index contributed by atoms with van der Waals surface area (Å²) in [6.07, 6.45) is 20.6. The van der Waals surface area contributed by atoms with Crippen LogP contribution in [-0.2, 0) is 38.0 Å². The summed E-state index contributed by atoms with van der Waals surface area (Å²) in [4.78, 5) is 25.7. The average molecular weight is 931 g/mol. The second-order valence-electron chi connectivity index (χ2n) is 18.0. The molecule has 65 heavy (non-hydrogen) atoms. The molecule has 0 aliphatic carbocycles. The molecule has 2 aliphatic heterocycles. The number of hydrogen-bond donors (Lipinski definition) is 7. The van der Waals surface area contributed by atoms with Gasteiger partial charge in [-0.15, -0.1) is 0 Å². The molecule has 2 saturated heterocycles. The Hall–Kier alpha value is -2.02. The molecule has 0 radical (unpaired) electrons. The van der Waals surface area contributed by atoms with Crippen LogP contribution >= 0.6 is 0 Å². The van der Waals surface area contributed by atoms with E-state index in [0.717, 1.165) is 64.2 Å². The molecule has 11 atom stereocenters. The normalized spacial score (nSPS) is 26.5. The average Bonchev–Trinajstić information content (AvgIpc) is 3.30. The van der Waals surface area contributed by atoms with E-state index in [0.29, 0.717) is 12.8 Å². The second-order valence-corrected chi connectivity index (χ2v) is 18.0. The minimum Gasteiger partial charge on any atom is -0.462 e. The highest BCUT2D eigenvalue weighted by Crippen LogP contribution is 2.26. The van der Waals surface area contributed by atoms with Crippen molar-refractivity contribution < 1.29 is 73.8 Å². The molecule has 15 heteroatoms. The van der Waals surface area contributed by atoms with E-state index in [1.165, 1.54) is 83.5 Å². The van der Waals surface area contributed by atoms with Gasteiger partial charge in [0.15, 0.2) is 18.7 Å². The van der Waals surface area contributed by atoms with Gasteiger partial charge in [-0.2, -0.15) is 0 Å². The third-order valence-electron chi connectivity index (χ3n) is 12.2. The number of aliphatic hydroxyl groups excluding tert-OH is 7. The van der Waals surface area contributed by atoms with E-state index in [1.807, 2.05) is 0 Å². The lowest BCUT2D eigenvalue weighted by Crippen LogP contribution is -2.61. The van der Waals surface area contributed by atoms with E-state index in [1.54, 1.807) is 0 Å². The highest BCUT2D eigenvalue weighted by Gasteiger charge is 2.47. The summed E-state index contributed by atoms with van der Waals surface area (Å²) >= 11 is 0. The Bertz CT molecular complexity index is 1230. The van der Waals surface area contributed by atoms with Gasteiger partial charge in [-0.25, -0.2) is 0 Å². The molecule has 0 amide bonds. The number of carbonyl (C=O) groups is 2. The molecule has 0 bridgehead atoms. The van der Waals surface area contributed by atoms with Crippen molar-refractivity contribution in [3.8, 4) is 0 Å². The number of unbranched alkanes of at least 4 members (excludes halogenated alkanes) is 21. The van der Waals surface area contributed by atoms with Crippen LogP contribution in [0.25, 0.3) is 0 Å². The smallest absolute Gasteiger partial charge is 0.306 e. The molecule has 0 aromatic heterocycles. The van der Waals surface area contributed by atoms with Gasteiger partial charge in [-0.05, 0) is 44.9 Å². The van der Waals surface area contributed by atoms with Crippen LogP contribution in [0.3, 0.4) is 0 Å². The van der Waals surface area contributed by atoms with Crippen LogP contribution in [0, 0.1) is 0 Å². The van der Waals surface area contributed by atoms with Gasteiger partial charge in [0.05, 0.1) is 19.8 Å². The number of hydrogen-bond acceptors (Lipinski definition) is 15. The zero-order valence-corrected chi connectivity index (χ0v) is 40.0. The summed E-state index contributed by atoms with van der Waals surface area (Å²) in [7, 11) is 0. The van der Waals surface area contributed by atoms with Crippen LogP contribution in [-0.4, -0.2) is 142 Å². The fourth-order valence-corrected chi connectivity index (χ4v) is 7.95. The molecule has 380 valence electrons. The lowest BCUT2D eigenvalue weighted by atomic mass is 9.98. The molecular weight excluding hydrogens is 841 g/mol. The molecule has 15 nitrogen and oxygen atoms in total. The third kappa shape index (κ3) is 26.4. The maximum absolute atomic E-state index is 13.0. The van der Waals surface area contributed by atoms with Gasteiger partial charge in [-0.3, -0.25) is 9.59 Å². The van der Waals surface area contributed by atoms with Gasteiger partial charge >= 0.3 is 11.9 Å². The topological polar surface area (TPSA) is 231 Å². The van der Waals surface area contributed by atoms with Crippen molar-refractivity contribution in [1.29, 1.82) is 0 Å². The number of aliphatic hydroxyl groups is 7. The highest BCUT2D eigenvalue weighted by atomic mass is 16.7. The molecule has 0 aromatic rings. The molecule has 2 rings (SSSR count). The fraction of sp³-hybridized carbons (Fsp3) is 0.880. The van der Waals surface area contributed by atoms with Crippen LogP contribution in [0.2, 0.25) is 0 Å². The first kappa shape index (κ1) is 59.1. The van der Waals surface area contributed by atoms with Crippen LogP contribution < -0.4 is 0 Å². The van der Waals surface area contributed by atoms with E-state index in [-0.39, 0.29) is 26.1 Å². The Morgan fingerprint density at radius 3 is 1.45 bits per heavy atom. The summed E-state index contributed by atoms with van der Waals surface area (Å²) in [6, 6.07) is 0. The molecule has 0 saturated carbocycles. The molecule has 0 spiro atoms. The van der Waals surface area contributed by atoms with E-state index >= 15 is 0 Å². The van der Waals surface area contributed by atoms with Crippen LogP contribution in [0.15, 0.2) is 24.3 Å². The predicted molar refractivity (Wildman–Crippen MR) is 247 cm³/mol. The molecule has 7 N–H and O–H groups in total. The number of rotatable bonds is 39. The van der Waals surface area contributed by atoms with E-state index in [2.05, 4.69) is 38.2 Å². The largest absolute Gasteiger partial charge is 0.462 e. The van der Waals surface area contributed by atoms with Gasteiger partial charge in [0.2, 0.25) is 0 Å². The van der Waals surface area contributed by atoms with Gasteiger partial charge in [0.1, 0.15) is 55.4 Å². The van der Waals surface area contributed by atoms with Crippen molar-refractivity contribution in [1.82, 2.24) is 0 Å². The Balaban J connectivity index is 1.82. The molecule has 2 heterocycles. The Morgan fingerprint density at radius 2 is 0.923 bits per heavy atom. The second kappa shape index (κ2) is 37.9. The summed E-state index contributed by atoms with van der Waals surface area (Å²) in [6.45, 7) is 2.56. The first-order valence-corrected chi connectivity index (χ1v) is 25.4. The third-order valence-corrected chi connectivity index (χ3v) is 12.2. The van der Waals surface area contributed by atoms with Crippen molar-refractivity contribution >= 4 is 11.9 Å². The number of esters is 2. The van der Waals surface area contributed by atoms with Crippen molar-refractivity contribution in [2.24, 2.45) is 0 Å². The van der Waals surface area contributed by atoms with E-state index in [9.17, 15) is 45.3 Å². The standard InChI is InChI=1S/C50H90O15/c1-3-5-7-9-11-13-15-17-18-19-21-23-25-27-29-31-33-42(53)63-38(35-60-41(52)32-30-28-26-24-22-20-16-14-12-10-8-6-4-2)36-61-49-48(59)46(57)44(55)40(65-49)37-62-50-47(58)45(56)43(54)39(34-51)64-50/h13,15,18-19,38-40,43-51,54-59H,3-12,14,16-17,20-37H2,1-2H3/b15-13-,19-18-. The van der Waals surface area contributed by atoms with Gasteiger partial charge in [0, 0.05) is 12.8 Å². The zero-order chi connectivity index (χ0) is 47.5. The Morgan fingerprint density at radius 1 is 0.492 bits per heavy atom. The van der Waals surface area contributed by atoms with Crippen molar-refractivity contribution in [3.63, 3.8) is 0 Å². The number of allylic oxidation sites excluding steroid dienone is 4.